The minimum absolute atomic E-state index is 0.0812. The molecule has 1 aromatic rings. The van der Waals surface area contributed by atoms with Gasteiger partial charge in [0.15, 0.2) is 0 Å². The largest absolute Gasteiger partial charge is 0.322 e. The van der Waals surface area contributed by atoms with Gasteiger partial charge in [-0.25, -0.2) is 4.79 Å². The maximum Gasteiger partial charge on any atom is 0.322 e. The second-order valence-electron chi connectivity index (χ2n) is 3.31. The summed E-state index contributed by atoms with van der Waals surface area (Å²) >= 11 is 5.74. The number of anilines is 1. The predicted molar refractivity (Wildman–Crippen MR) is 61.2 cm³/mol. The highest BCUT2D eigenvalue weighted by molar-refractivity contribution is 6.30. The number of halogens is 1. The van der Waals surface area contributed by atoms with Crippen molar-refractivity contribution < 1.29 is 4.79 Å². The fraction of sp³-hybridized carbons (Fsp3) is 0.182. The molecule has 3 nitrogen and oxygen atoms in total. The van der Waals surface area contributed by atoms with E-state index in [0.29, 0.717) is 18.1 Å². The Morgan fingerprint density at radius 1 is 1.20 bits per heavy atom. The summed E-state index contributed by atoms with van der Waals surface area (Å²) in [6, 6.07) is 6.98. The summed E-state index contributed by atoms with van der Waals surface area (Å²) in [7, 11) is 0. The third-order valence-corrected chi connectivity index (χ3v) is 2.45. The molecule has 15 heavy (non-hydrogen) atoms. The van der Waals surface area contributed by atoms with Crippen LogP contribution < -0.4 is 5.32 Å². The molecule has 2 rings (SSSR count). The number of benzene rings is 1. The van der Waals surface area contributed by atoms with Gasteiger partial charge in [-0.15, -0.1) is 0 Å². The van der Waals surface area contributed by atoms with Crippen LogP contribution in [0.2, 0.25) is 5.02 Å². The van der Waals surface area contributed by atoms with E-state index < -0.39 is 0 Å². The molecule has 0 bridgehead atoms. The Kier molecular flexibility index (Phi) is 2.92. The van der Waals surface area contributed by atoms with Gasteiger partial charge in [-0.05, 0) is 24.3 Å². The first-order chi connectivity index (χ1) is 7.25. The number of carbonyl (C=O) groups is 1. The third-order valence-electron chi connectivity index (χ3n) is 2.20. The second-order valence-corrected chi connectivity index (χ2v) is 3.75. The molecule has 2 amide bonds. The van der Waals surface area contributed by atoms with Crippen LogP contribution in [-0.2, 0) is 0 Å². The topological polar surface area (TPSA) is 32.3 Å². The summed E-state index contributed by atoms with van der Waals surface area (Å²) in [4.78, 5) is 13.4. The molecule has 4 heteroatoms. The lowest BCUT2D eigenvalue weighted by atomic mass is 10.3. The molecular formula is C11H11ClN2O. The Bertz CT molecular complexity index is 378. The highest BCUT2D eigenvalue weighted by Crippen LogP contribution is 2.14. The van der Waals surface area contributed by atoms with Gasteiger partial charge in [-0.3, -0.25) is 0 Å². The summed E-state index contributed by atoms with van der Waals surface area (Å²) in [6.45, 7) is 1.36. The summed E-state index contributed by atoms with van der Waals surface area (Å²) in [5, 5.41) is 3.46. The summed E-state index contributed by atoms with van der Waals surface area (Å²) in [5.41, 5.74) is 0.760. The van der Waals surface area contributed by atoms with Crippen molar-refractivity contribution in [2.75, 3.05) is 18.4 Å². The minimum Gasteiger partial charge on any atom is -0.317 e. The lowest BCUT2D eigenvalue weighted by molar-refractivity contribution is 0.224. The zero-order valence-electron chi connectivity index (χ0n) is 8.11. The van der Waals surface area contributed by atoms with Crippen LogP contribution in [0.5, 0.6) is 0 Å². The van der Waals surface area contributed by atoms with Crippen molar-refractivity contribution in [3.05, 3.63) is 41.4 Å². The van der Waals surface area contributed by atoms with E-state index in [1.807, 2.05) is 12.2 Å². The zero-order valence-corrected chi connectivity index (χ0v) is 8.87. The molecule has 1 aliphatic rings. The maximum absolute atomic E-state index is 11.6. The SMILES string of the molecule is O=C(Nc1ccc(Cl)cc1)N1CC=CC1. The average molecular weight is 223 g/mol. The van der Waals surface area contributed by atoms with Gasteiger partial charge in [0.25, 0.3) is 0 Å². The maximum atomic E-state index is 11.6. The minimum atomic E-state index is -0.0812. The molecule has 0 spiro atoms. The quantitative estimate of drug-likeness (QED) is 0.729. The van der Waals surface area contributed by atoms with Gasteiger partial charge >= 0.3 is 6.03 Å². The lowest BCUT2D eigenvalue weighted by Crippen LogP contribution is -2.32. The molecule has 0 unspecified atom stereocenters. The number of carbonyl (C=O) groups excluding carboxylic acids is 1. The van der Waals surface area contributed by atoms with Crippen molar-refractivity contribution in [2.45, 2.75) is 0 Å². The number of amides is 2. The number of nitrogens with one attached hydrogen (secondary N) is 1. The highest BCUT2D eigenvalue weighted by Gasteiger charge is 2.13. The van der Waals surface area contributed by atoms with Crippen LogP contribution in [0.3, 0.4) is 0 Å². The van der Waals surface area contributed by atoms with E-state index >= 15 is 0 Å². The standard InChI is InChI=1S/C11H11ClN2O/c12-9-3-5-10(6-4-9)13-11(15)14-7-1-2-8-14/h1-6H,7-8H2,(H,13,15). The molecule has 1 N–H and O–H groups in total. The van der Waals surface area contributed by atoms with Crippen LogP contribution >= 0.6 is 11.6 Å². The van der Waals surface area contributed by atoms with Gasteiger partial charge in [0.05, 0.1) is 0 Å². The van der Waals surface area contributed by atoms with Gasteiger partial charge in [0.2, 0.25) is 0 Å². The first-order valence-corrected chi connectivity index (χ1v) is 5.10. The average Bonchev–Trinajstić information content (AvgIpc) is 2.74. The molecule has 0 aliphatic carbocycles. The monoisotopic (exact) mass is 222 g/mol. The number of nitrogens with zero attached hydrogens (tertiary/aromatic N) is 1. The van der Waals surface area contributed by atoms with Gasteiger partial charge in [0.1, 0.15) is 0 Å². The Balaban J connectivity index is 1.96. The van der Waals surface area contributed by atoms with Crippen molar-refractivity contribution in [1.82, 2.24) is 4.90 Å². The van der Waals surface area contributed by atoms with Crippen LogP contribution in [0.4, 0.5) is 10.5 Å². The van der Waals surface area contributed by atoms with E-state index in [4.69, 9.17) is 11.6 Å². The second kappa shape index (κ2) is 4.36. The normalized spacial score (nSPS) is 14.3. The van der Waals surface area contributed by atoms with Crippen molar-refractivity contribution in [1.29, 1.82) is 0 Å². The van der Waals surface area contributed by atoms with Crippen molar-refractivity contribution in [2.24, 2.45) is 0 Å². The zero-order chi connectivity index (χ0) is 10.7. The van der Waals surface area contributed by atoms with Crippen molar-refractivity contribution >= 4 is 23.3 Å². The van der Waals surface area contributed by atoms with E-state index in [1.54, 1.807) is 29.2 Å². The van der Waals surface area contributed by atoms with Crippen molar-refractivity contribution in [3.63, 3.8) is 0 Å². The van der Waals surface area contributed by atoms with E-state index in [0.717, 1.165) is 5.69 Å². The molecule has 0 fully saturated rings. The molecule has 1 aromatic carbocycles. The Morgan fingerprint density at radius 3 is 2.40 bits per heavy atom. The third kappa shape index (κ3) is 2.50. The smallest absolute Gasteiger partial charge is 0.317 e. The molecule has 0 saturated carbocycles. The van der Waals surface area contributed by atoms with Crippen LogP contribution in [0.15, 0.2) is 36.4 Å². The van der Waals surface area contributed by atoms with Gasteiger partial charge < -0.3 is 10.2 Å². The number of rotatable bonds is 1. The predicted octanol–water partition coefficient (Wildman–Crippen LogP) is 2.74. The fourth-order valence-electron chi connectivity index (χ4n) is 1.38. The molecular weight excluding hydrogens is 212 g/mol. The van der Waals surface area contributed by atoms with E-state index in [9.17, 15) is 4.79 Å². The fourth-order valence-corrected chi connectivity index (χ4v) is 1.51. The highest BCUT2D eigenvalue weighted by atomic mass is 35.5. The Morgan fingerprint density at radius 2 is 1.80 bits per heavy atom. The number of hydrogen-bond acceptors (Lipinski definition) is 1. The van der Waals surface area contributed by atoms with E-state index in [2.05, 4.69) is 5.32 Å². The van der Waals surface area contributed by atoms with Gasteiger partial charge in [-0.1, -0.05) is 23.8 Å². The molecule has 0 radical (unpaired) electrons. The molecule has 78 valence electrons. The molecule has 1 heterocycles. The van der Waals surface area contributed by atoms with Crippen LogP contribution in [0, 0.1) is 0 Å². The summed E-state index contributed by atoms with van der Waals surface area (Å²) in [5.74, 6) is 0. The first-order valence-electron chi connectivity index (χ1n) is 4.72. The van der Waals surface area contributed by atoms with Gasteiger partial charge in [0, 0.05) is 23.8 Å². The van der Waals surface area contributed by atoms with Crippen molar-refractivity contribution in [3.8, 4) is 0 Å². The first kappa shape index (κ1) is 10.1. The van der Waals surface area contributed by atoms with Crippen LogP contribution in [0.1, 0.15) is 0 Å². The van der Waals surface area contributed by atoms with E-state index in [-0.39, 0.29) is 6.03 Å². The van der Waals surface area contributed by atoms with Gasteiger partial charge in [-0.2, -0.15) is 0 Å². The summed E-state index contributed by atoms with van der Waals surface area (Å²) < 4.78 is 0. The Labute approximate surface area is 93.3 Å². The lowest BCUT2D eigenvalue weighted by Gasteiger charge is -2.16. The molecule has 0 aromatic heterocycles. The molecule has 0 atom stereocenters. The van der Waals surface area contributed by atoms with Crippen LogP contribution in [-0.4, -0.2) is 24.0 Å². The number of urea groups is 1. The Hall–Kier alpha value is -1.48. The molecule has 0 saturated heterocycles. The van der Waals surface area contributed by atoms with Crippen LogP contribution in [0.25, 0.3) is 0 Å². The van der Waals surface area contributed by atoms with E-state index in [1.165, 1.54) is 0 Å². The molecule has 1 aliphatic heterocycles. The summed E-state index contributed by atoms with van der Waals surface area (Å²) in [6.07, 6.45) is 3.95. The number of hydrogen-bond donors (Lipinski definition) is 1.